The lowest BCUT2D eigenvalue weighted by Gasteiger charge is -2.16. The number of benzene rings is 1. The smallest absolute Gasteiger partial charge is 0.148 e. The number of H-pyrrole nitrogens is 1. The lowest BCUT2D eigenvalue weighted by atomic mass is 9.96. The number of aromatic amines is 1. The van der Waals surface area contributed by atoms with Gasteiger partial charge in [0.15, 0.2) is 0 Å². The fraction of sp³-hybridized carbons (Fsp3) is 0.471. The molecule has 5 heteroatoms. The summed E-state index contributed by atoms with van der Waals surface area (Å²) >= 11 is 0. The molecule has 2 atom stereocenters. The molecule has 2 aromatic rings. The normalized spacial score (nSPS) is 15.5. The molecule has 0 fully saturated rings. The zero-order chi connectivity index (χ0) is 15.9. The molecule has 5 nitrogen and oxygen atoms in total. The highest BCUT2D eigenvalue weighted by Crippen LogP contribution is 2.20. The summed E-state index contributed by atoms with van der Waals surface area (Å²) in [4.78, 5) is 7.52. The van der Waals surface area contributed by atoms with Crippen LogP contribution in [0.25, 0.3) is 10.9 Å². The van der Waals surface area contributed by atoms with Crippen LogP contribution in [0.1, 0.15) is 25.8 Å². The van der Waals surface area contributed by atoms with Gasteiger partial charge >= 0.3 is 0 Å². The fourth-order valence-electron chi connectivity index (χ4n) is 2.73. The quantitative estimate of drug-likeness (QED) is 0.477. The van der Waals surface area contributed by atoms with Gasteiger partial charge in [-0.15, -0.1) is 5.11 Å². The van der Waals surface area contributed by atoms with Crippen LogP contribution < -0.4 is 5.73 Å². The summed E-state index contributed by atoms with van der Waals surface area (Å²) in [7, 11) is 1.76. The van der Waals surface area contributed by atoms with Crippen molar-refractivity contribution in [3.05, 3.63) is 36.0 Å². The number of para-hydroxylation sites is 1. The third kappa shape index (κ3) is 4.01. The van der Waals surface area contributed by atoms with Crippen LogP contribution in [-0.4, -0.2) is 30.5 Å². The summed E-state index contributed by atoms with van der Waals surface area (Å²) in [6.07, 6.45) is 3.74. The van der Waals surface area contributed by atoms with E-state index in [0.29, 0.717) is 6.54 Å². The van der Waals surface area contributed by atoms with Gasteiger partial charge in [0.05, 0.1) is 6.54 Å². The second-order valence-corrected chi connectivity index (χ2v) is 5.60. The third-order valence-corrected chi connectivity index (χ3v) is 3.80. The van der Waals surface area contributed by atoms with Crippen molar-refractivity contribution in [2.45, 2.75) is 32.7 Å². The molecule has 0 bridgehead atoms. The van der Waals surface area contributed by atoms with Crippen molar-refractivity contribution < 1.29 is 0 Å². The van der Waals surface area contributed by atoms with E-state index in [1.807, 2.05) is 13.0 Å². The largest absolute Gasteiger partial charge is 0.361 e. The Balaban J connectivity index is 2.00. The van der Waals surface area contributed by atoms with E-state index in [4.69, 9.17) is 5.73 Å². The standard InChI is InChI=1S/C17H25N5/c1-4-21-22-17(19-3)12(2)9-14(18)10-13-11-20-16-8-6-5-7-15(13)16/h5-8,11-12,14,20H,4,9-10,18H2,1-3H3/b19-17-,22-21-/t12?,14-/m1/s1. The van der Waals surface area contributed by atoms with E-state index in [1.54, 1.807) is 7.05 Å². The number of nitrogens with one attached hydrogen (secondary N) is 1. The van der Waals surface area contributed by atoms with E-state index in [2.05, 4.69) is 51.5 Å². The maximum Gasteiger partial charge on any atom is 0.148 e. The Morgan fingerprint density at radius 1 is 1.32 bits per heavy atom. The van der Waals surface area contributed by atoms with Crippen molar-refractivity contribution in [1.82, 2.24) is 4.98 Å². The number of aromatic nitrogens is 1. The van der Waals surface area contributed by atoms with E-state index < -0.39 is 0 Å². The van der Waals surface area contributed by atoms with E-state index >= 15 is 0 Å². The minimum Gasteiger partial charge on any atom is -0.361 e. The van der Waals surface area contributed by atoms with Gasteiger partial charge in [-0.1, -0.05) is 25.1 Å². The molecule has 1 heterocycles. The van der Waals surface area contributed by atoms with Gasteiger partial charge in [-0.05, 0) is 31.4 Å². The van der Waals surface area contributed by atoms with Gasteiger partial charge < -0.3 is 10.7 Å². The van der Waals surface area contributed by atoms with Crippen LogP contribution in [0.3, 0.4) is 0 Å². The number of fused-ring (bicyclic) bond motifs is 1. The molecule has 22 heavy (non-hydrogen) atoms. The van der Waals surface area contributed by atoms with Crippen molar-refractivity contribution in [2.24, 2.45) is 26.9 Å². The monoisotopic (exact) mass is 299 g/mol. The van der Waals surface area contributed by atoms with Gasteiger partial charge in [-0.3, -0.25) is 4.99 Å². The first-order chi connectivity index (χ1) is 10.7. The second-order valence-electron chi connectivity index (χ2n) is 5.60. The van der Waals surface area contributed by atoms with Crippen LogP contribution in [0.2, 0.25) is 0 Å². The molecule has 2 rings (SSSR count). The molecule has 1 unspecified atom stereocenters. The number of nitrogens with two attached hydrogens (primary N) is 1. The van der Waals surface area contributed by atoms with Crippen LogP contribution in [0, 0.1) is 5.92 Å². The molecule has 1 aromatic carbocycles. The summed E-state index contributed by atoms with van der Waals surface area (Å²) in [5.74, 6) is 0.983. The molecule has 3 N–H and O–H groups in total. The van der Waals surface area contributed by atoms with Crippen molar-refractivity contribution in [3.8, 4) is 0 Å². The number of rotatable bonds is 6. The van der Waals surface area contributed by atoms with Crippen LogP contribution in [0.15, 0.2) is 45.7 Å². The third-order valence-electron chi connectivity index (χ3n) is 3.80. The zero-order valence-corrected chi connectivity index (χ0v) is 13.6. The molecule has 0 radical (unpaired) electrons. The number of hydrogen-bond acceptors (Lipinski definition) is 3. The van der Waals surface area contributed by atoms with E-state index in [-0.39, 0.29) is 12.0 Å². The average Bonchev–Trinajstić information content (AvgIpc) is 2.91. The topological polar surface area (TPSA) is 78.9 Å². The molecule has 1 aromatic heterocycles. The zero-order valence-electron chi connectivity index (χ0n) is 13.6. The number of hydrogen-bond donors (Lipinski definition) is 2. The van der Waals surface area contributed by atoms with Crippen molar-refractivity contribution in [1.29, 1.82) is 0 Å². The summed E-state index contributed by atoms with van der Waals surface area (Å²) in [5.41, 5.74) is 8.76. The second kappa shape index (κ2) is 7.84. The Hall–Kier alpha value is -2.01. The Morgan fingerprint density at radius 2 is 2.09 bits per heavy atom. The van der Waals surface area contributed by atoms with Crippen molar-refractivity contribution >= 4 is 16.7 Å². The van der Waals surface area contributed by atoms with Crippen LogP contribution in [-0.2, 0) is 6.42 Å². The minimum absolute atomic E-state index is 0.0720. The Kier molecular flexibility index (Phi) is 5.83. The van der Waals surface area contributed by atoms with E-state index in [1.165, 1.54) is 10.9 Å². The van der Waals surface area contributed by atoms with E-state index in [9.17, 15) is 0 Å². The summed E-state index contributed by atoms with van der Waals surface area (Å²) in [6, 6.07) is 8.38. The molecule has 0 aliphatic heterocycles. The maximum absolute atomic E-state index is 6.34. The molecule has 0 spiro atoms. The molecular formula is C17H25N5. The minimum atomic E-state index is 0.0720. The van der Waals surface area contributed by atoms with Crippen LogP contribution in [0.4, 0.5) is 0 Å². The highest BCUT2D eigenvalue weighted by molar-refractivity contribution is 5.85. The molecule has 0 aliphatic rings. The highest BCUT2D eigenvalue weighted by atomic mass is 15.1. The first-order valence-corrected chi connectivity index (χ1v) is 7.80. The summed E-state index contributed by atoms with van der Waals surface area (Å²) in [6.45, 7) is 4.74. The van der Waals surface area contributed by atoms with E-state index in [0.717, 1.165) is 24.2 Å². The van der Waals surface area contributed by atoms with Gasteiger partial charge in [0, 0.05) is 36.1 Å². The van der Waals surface area contributed by atoms with Gasteiger partial charge in [0.2, 0.25) is 0 Å². The molecule has 0 aliphatic carbocycles. The Bertz CT molecular complexity index is 656. The SMILES string of the molecule is CC/N=N\C(=N/C)C(C)C[C@@H](N)Cc1c[nH]c2ccccc12. The molecular weight excluding hydrogens is 274 g/mol. The van der Waals surface area contributed by atoms with Crippen LogP contribution in [0.5, 0.6) is 0 Å². The Morgan fingerprint density at radius 3 is 2.82 bits per heavy atom. The lowest BCUT2D eigenvalue weighted by Crippen LogP contribution is -2.27. The maximum atomic E-state index is 6.34. The van der Waals surface area contributed by atoms with Crippen LogP contribution >= 0.6 is 0 Å². The van der Waals surface area contributed by atoms with Crippen molar-refractivity contribution in [3.63, 3.8) is 0 Å². The molecule has 0 amide bonds. The molecule has 0 saturated heterocycles. The number of nitrogens with zero attached hydrogens (tertiary/aromatic N) is 3. The molecule has 118 valence electrons. The summed E-state index contributed by atoms with van der Waals surface area (Å²) in [5, 5.41) is 9.46. The first kappa shape index (κ1) is 16.4. The predicted octanol–water partition coefficient (Wildman–Crippen LogP) is 3.56. The van der Waals surface area contributed by atoms with Gasteiger partial charge in [0.25, 0.3) is 0 Å². The lowest BCUT2D eigenvalue weighted by molar-refractivity contribution is 0.544. The summed E-state index contributed by atoms with van der Waals surface area (Å²) < 4.78 is 0. The van der Waals surface area contributed by atoms with Gasteiger partial charge in [0.1, 0.15) is 5.84 Å². The predicted molar refractivity (Wildman–Crippen MR) is 92.5 cm³/mol. The van der Waals surface area contributed by atoms with Gasteiger partial charge in [-0.2, -0.15) is 5.11 Å². The Labute approximate surface area is 131 Å². The number of azo groups is 1. The number of aliphatic imine (C=N–C) groups is 1. The fourth-order valence-corrected chi connectivity index (χ4v) is 2.73. The highest BCUT2D eigenvalue weighted by Gasteiger charge is 2.16. The number of amidine groups is 1. The van der Waals surface area contributed by atoms with Gasteiger partial charge in [-0.25, -0.2) is 0 Å². The first-order valence-electron chi connectivity index (χ1n) is 7.80. The average molecular weight is 299 g/mol. The molecule has 0 saturated carbocycles. The van der Waals surface area contributed by atoms with Crippen molar-refractivity contribution in [2.75, 3.05) is 13.6 Å².